The minimum atomic E-state index is -1.20. The monoisotopic (exact) mass is 238 g/mol. The number of carboxylic acids is 1. The Hall–Kier alpha value is -1.82. The molecule has 0 aromatic carbocycles. The Kier molecular flexibility index (Phi) is 3.43. The first-order valence-corrected chi connectivity index (χ1v) is 5.50. The summed E-state index contributed by atoms with van der Waals surface area (Å²) in [6.45, 7) is 1.85. The average Bonchev–Trinajstić information content (AvgIpc) is 2.75. The summed E-state index contributed by atoms with van der Waals surface area (Å²) in [5, 5.41) is 13.3. The third-order valence-electron chi connectivity index (χ3n) is 2.94. The first kappa shape index (κ1) is 11.7. The van der Waals surface area contributed by atoms with Gasteiger partial charge in [0.15, 0.2) is 6.04 Å². The number of amides is 1. The molecule has 0 bridgehead atoms. The number of quaternary nitrogens is 1. The zero-order chi connectivity index (χ0) is 12.3. The zero-order valence-electron chi connectivity index (χ0n) is 9.27. The van der Waals surface area contributed by atoms with Gasteiger partial charge in [0.1, 0.15) is 6.54 Å². The van der Waals surface area contributed by atoms with Gasteiger partial charge in [-0.15, -0.1) is 0 Å². The molecule has 1 aliphatic heterocycles. The van der Waals surface area contributed by atoms with Gasteiger partial charge in [0.25, 0.3) is 5.91 Å². The minimum absolute atomic E-state index is 0.223. The fourth-order valence-electron chi connectivity index (χ4n) is 2.10. The van der Waals surface area contributed by atoms with Crippen molar-refractivity contribution in [2.75, 3.05) is 13.1 Å². The number of carboxylic acid groups (broad SMARTS) is 1. The molecule has 92 valence electrons. The van der Waals surface area contributed by atoms with Gasteiger partial charge in [-0.3, -0.25) is 4.79 Å². The van der Waals surface area contributed by atoms with Crippen LogP contribution in [0.2, 0.25) is 0 Å². The number of hydrogen-bond donors (Lipinski definition) is 2. The summed E-state index contributed by atoms with van der Waals surface area (Å²) < 4.78 is 4.96. The summed E-state index contributed by atoms with van der Waals surface area (Å²) in [4.78, 5) is 23.2. The topological polar surface area (TPSA) is 86.8 Å². The van der Waals surface area contributed by atoms with Crippen LogP contribution in [-0.2, 0) is 16.1 Å². The van der Waals surface area contributed by atoms with E-state index in [0.29, 0.717) is 19.6 Å². The van der Waals surface area contributed by atoms with Gasteiger partial charge in [0, 0.05) is 18.0 Å². The van der Waals surface area contributed by atoms with Crippen LogP contribution in [0.3, 0.4) is 0 Å². The molecule has 1 aliphatic rings. The predicted octanol–water partition coefficient (Wildman–Crippen LogP) is -2.70. The van der Waals surface area contributed by atoms with Crippen LogP contribution < -0.4 is 15.3 Å². The molecule has 1 aromatic heterocycles. The van der Waals surface area contributed by atoms with E-state index in [1.807, 2.05) is 6.07 Å². The average molecular weight is 238 g/mol. The number of rotatable bonds is 4. The normalized spacial score (nSPS) is 24.4. The minimum Gasteiger partial charge on any atom is -0.550 e. The highest BCUT2D eigenvalue weighted by atomic mass is 16.4. The van der Waals surface area contributed by atoms with Crippen LogP contribution >= 0.6 is 0 Å². The second kappa shape index (κ2) is 5.01. The lowest BCUT2D eigenvalue weighted by Crippen LogP contribution is -3.18. The maximum absolute atomic E-state index is 11.6. The Morgan fingerprint density at radius 1 is 1.65 bits per heavy atom. The van der Waals surface area contributed by atoms with Gasteiger partial charge in [-0.25, -0.2) is 0 Å². The molecule has 1 aromatic rings. The van der Waals surface area contributed by atoms with E-state index in [9.17, 15) is 14.7 Å². The molecule has 0 radical (unpaired) electrons. The van der Waals surface area contributed by atoms with Crippen LogP contribution in [0.5, 0.6) is 0 Å². The molecule has 2 N–H and O–H groups in total. The van der Waals surface area contributed by atoms with E-state index in [-0.39, 0.29) is 12.3 Å². The van der Waals surface area contributed by atoms with Crippen LogP contribution in [0.4, 0.5) is 0 Å². The number of piperazine rings is 1. The molecule has 1 unspecified atom stereocenters. The van der Waals surface area contributed by atoms with Crippen molar-refractivity contribution >= 4 is 11.9 Å². The van der Waals surface area contributed by atoms with E-state index in [1.54, 1.807) is 12.5 Å². The van der Waals surface area contributed by atoms with Crippen LogP contribution in [0, 0.1) is 0 Å². The van der Waals surface area contributed by atoms with Crippen molar-refractivity contribution in [3.05, 3.63) is 24.2 Å². The highest BCUT2D eigenvalue weighted by molar-refractivity contribution is 5.84. The van der Waals surface area contributed by atoms with E-state index in [2.05, 4.69) is 5.32 Å². The van der Waals surface area contributed by atoms with Gasteiger partial charge in [-0.05, 0) is 6.07 Å². The first-order chi connectivity index (χ1) is 8.16. The standard InChI is InChI=1S/C11H14N2O4/c14-10(15)5-9-11(16)12-2-3-13(9)6-8-1-4-17-7-8/h1,4,7,9H,2-3,5-6H2,(H,12,16)(H,14,15)/t9-/m1/s1. The quantitative estimate of drug-likeness (QED) is 0.597. The number of carbonyl (C=O) groups excluding carboxylic acids is 2. The molecule has 0 spiro atoms. The highest BCUT2D eigenvalue weighted by Gasteiger charge is 2.33. The first-order valence-electron chi connectivity index (χ1n) is 5.50. The summed E-state index contributed by atoms with van der Waals surface area (Å²) in [5.41, 5.74) is 0.957. The Bertz CT molecular complexity index is 402. The fraction of sp³-hybridized carbons (Fsp3) is 0.455. The molecule has 6 heteroatoms. The molecule has 1 saturated heterocycles. The number of carbonyl (C=O) groups is 2. The number of hydrogen-bond acceptors (Lipinski definition) is 4. The Morgan fingerprint density at radius 2 is 2.47 bits per heavy atom. The van der Waals surface area contributed by atoms with E-state index in [4.69, 9.17) is 4.42 Å². The molecule has 2 atom stereocenters. The van der Waals surface area contributed by atoms with Gasteiger partial charge in [-0.2, -0.15) is 0 Å². The van der Waals surface area contributed by atoms with Gasteiger partial charge in [0.2, 0.25) is 0 Å². The summed E-state index contributed by atoms with van der Waals surface area (Å²) in [6, 6.07) is 1.24. The Morgan fingerprint density at radius 3 is 3.12 bits per heavy atom. The molecule has 0 saturated carbocycles. The summed E-state index contributed by atoms with van der Waals surface area (Å²) in [6.07, 6.45) is 2.92. The number of furan rings is 1. The third-order valence-corrected chi connectivity index (χ3v) is 2.94. The van der Waals surface area contributed by atoms with Crippen molar-refractivity contribution < 1.29 is 24.0 Å². The lowest BCUT2D eigenvalue weighted by molar-refractivity contribution is -0.930. The molecular weight excluding hydrogens is 224 g/mol. The van der Waals surface area contributed by atoms with Crippen LogP contribution in [0.1, 0.15) is 12.0 Å². The van der Waals surface area contributed by atoms with Gasteiger partial charge in [0.05, 0.1) is 25.6 Å². The largest absolute Gasteiger partial charge is 0.550 e. The predicted molar refractivity (Wildman–Crippen MR) is 54.7 cm³/mol. The summed E-state index contributed by atoms with van der Waals surface area (Å²) in [5.74, 6) is -1.42. The lowest BCUT2D eigenvalue weighted by atomic mass is 10.1. The van der Waals surface area contributed by atoms with Crippen molar-refractivity contribution in [2.45, 2.75) is 19.0 Å². The van der Waals surface area contributed by atoms with Crippen LogP contribution in [-0.4, -0.2) is 31.0 Å². The van der Waals surface area contributed by atoms with Crippen molar-refractivity contribution in [2.24, 2.45) is 0 Å². The van der Waals surface area contributed by atoms with E-state index >= 15 is 0 Å². The third kappa shape index (κ3) is 2.85. The van der Waals surface area contributed by atoms with Crippen molar-refractivity contribution in [3.8, 4) is 0 Å². The summed E-state index contributed by atoms with van der Waals surface area (Å²) in [7, 11) is 0. The molecule has 1 fully saturated rings. The Balaban J connectivity index is 2.06. The van der Waals surface area contributed by atoms with Crippen molar-refractivity contribution in [1.29, 1.82) is 0 Å². The maximum Gasteiger partial charge on any atom is 0.278 e. The molecule has 0 aliphatic carbocycles. The summed E-state index contributed by atoms with van der Waals surface area (Å²) >= 11 is 0. The van der Waals surface area contributed by atoms with Crippen LogP contribution in [0.15, 0.2) is 23.0 Å². The molecule has 1 amide bonds. The zero-order valence-corrected chi connectivity index (χ0v) is 9.27. The Labute approximate surface area is 98.2 Å². The van der Waals surface area contributed by atoms with E-state index in [1.165, 1.54) is 0 Å². The number of nitrogens with one attached hydrogen (secondary N) is 2. The molecule has 2 rings (SSSR count). The van der Waals surface area contributed by atoms with Crippen LogP contribution in [0.25, 0.3) is 0 Å². The lowest BCUT2D eigenvalue weighted by Gasteiger charge is -2.31. The highest BCUT2D eigenvalue weighted by Crippen LogP contribution is 1.99. The van der Waals surface area contributed by atoms with Gasteiger partial charge < -0.3 is 24.5 Å². The van der Waals surface area contributed by atoms with Gasteiger partial charge in [-0.1, -0.05) is 0 Å². The maximum atomic E-state index is 11.6. The molecule has 17 heavy (non-hydrogen) atoms. The molecular formula is C11H14N2O4. The smallest absolute Gasteiger partial charge is 0.278 e. The SMILES string of the molecule is O=C([O-])C[C@@H]1C(=O)NCC[NH+]1Cc1ccoc1. The number of aliphatic carboxylic acids is 1. The second-order valence-corrected chi connectivity index (χ2v) is 4.14. The van der Waals surface area contributed by atoms with E-state index in [0.717, 1.165) is 10.5 Å². The van der Waals surface area contributed by atoms with E-state index < -0.39 is 12.0 Å². The fourth-order valence-corrected chi connectivity index (χ4v) is 2.10. The van der Waals surface area contributed by atoms with Crippen molar-refractivity contribution in [3.63, 3.8) is 0 Å². The second-order valence-electron chi connectivity index (χ2n) is 4.14. The van der Waals surface area contributed by atoms with Gasteiger partial charge >= 0.3 is 0 Å². The molecule has 6 nitrogen and oxygen atoms in total. The molecule has 2 heterocycles. The van der Waals surface area contributed by atoms with Crippen molar-refractivity contribution in [1.82, 2.24) is 5.32 Å².